The van der Waals surface area contributed by atoms with Gasteiger partial charge in [0.15, 0.2) is 0 Å². The fraction of sp³-hybridized carbons (Fsp3) is 0.174. The number of azo groups is 1. The summed E-state index contributed by atoms with van der Waals surface area (Å²) in [4.78, 5) is 11.8. The van der Waals surface area contributed by atoms with Gasteiger partial charge in [-0.25, -0.2) is 0 Å². The molecule has 4 rings (SSSR count). The van der Waals surface area contributed by atoms with Gasteiger partial charge in [0.2, 0.25) is 11.9 Å². The third-order valence-electron chi connectivity index (χ3n) is 5.40. The number of benzene rings is 3. The highest BCUT2D eigenvalue weighted by molar-refractivity contribution is 7.86. The number of aromatic hydroxyl groups is 1. The van der Waals surface area contributed by atoms with E-state index < -0.39 is 21.1 Å². The number of aliphatic hydroxyl groups is 2. The van der Waals surface area contributed by atoms with E-state index in [4.69, 9.17) is 5.73 Å². The van der Waals surface area contributed by atoms with Crippen LogP contribution in [0.15, 0.2) is 63.7 Å². The number of phenolic OH excluding ortho intramolecular Hbond substituents is 1. The van der Waals surface area contributed by atoms with Crippen molar-refractivity contribution in [2.75, 3.05) is 42.3 Å². The smallest absolute Gasteiger partial charge is 0.315 e. The summed E-state index contributed by atoms with van der Waals surface area (Å²) in [6, 6.07) is 11.6. The maximum absolute atomic E-state index is 14.1. The Hall–Kier alpha value is -4.51. The molecule has 0 amide bonds. The monoisotopic (exact) mass is 558 g/mol. The molecule has 1 heterocycles. The molecular weight excluding hydrogens is 535 g/mol. The number of nitrogens with zero attached hydrogens (tertiary/aromatic N) is 6. The van der Waals surface area contributed by atoms with E-state index in [0.29, 0.717) is 10.8 Å². The summed E-state index contributed by atoms with van der Waals surface area (Å²) in [6.45, 7) is -0.605. The van der Waals surface area contributed by atoms with Crippen LogP contribution >= 0.6 is 0 Å². The van der Waals surface area contributed by atoms with Gasteiger partial charge < -0.3 is 31.3 Å². The topological polar surface area (TPSA) is 220 Å². The Morgan fingerprint density at radius 3 is 2.44 bits per heavy atom. The van der Waals surface area contributed by atoms with E-state index >= 15 is 0 Å². The number of aromatic nitrogens is 3. The SMILES string of the molecule is Nc1ccc2cccc(O)c2c1/N=N/c1ccc(Nc2nc(F)nc(N(CCO)CCO)n2)cc1S(=O)(=O)O. The van der Waals surface area contributed by atoms with Crippen molar-refractivity contribution in [3.63, 3.8) is 0 Å². The molecule has 0 saturated heterocycles. The summed E-state index contributed by atoms with van der Waals surface area (Å²) < 4.78 is 48.2. The third kappa shape index (κ3) is 6.32. The van der Waals surface area contributed by atoms with Gasteiger partial charge >= 0.3 is 6.08 Å². The van der Waals surface area contributed by atoms with Crippen molar-refractivity contribution in [2.24, 2.45) is 10.2 Å². The number of phenols is 1. The van der Waals surface area contributed by atoms with Gasteiger partial charge in [-0.1, -0.05) is 18.2 Å². The van der Waals surface area contributed by atoms with E-state index in [2.05, 4.69) is 30.5 Å². The van der Waals surface area contributed by atoms with Crippen LogP contribution in [-0.4, -0.2) is 69.5 Å². The number of aliphatic hydroxyl groups excluding tert-OH is 2. The number of anilines is 4. The van der Waals surface area contributed by atoms with Gasteiger partial charge in [-0.3, -0.25) is 4.55 Å². The molecule has 1 aromatic heterocycles. The third-order valence-corrected chi connectivity index (χ3v) is 6.28. The molecule has 3 aromatic carbocycles. The Morgan fingerprint density at radius 2 is 1.74 bits per heavy atom. The van der Waals surface area contributed by atoms with Crippen LogP contribution in [0, 0.1) is 6.08 Å². The zero-order chi connectivity index (χ0) is 28.2. The summed E-state index contributed by atoms with van der Waals surface area (Å²) in [5, 5.41) is 40.2. The molecule has 0 atom stereocenters. The summed E-state index contributed by atoms with van der Waals surface area (Å²) >= 11 is 0. The first-order chi connectivity index (χ1) is 18.6. The predicted octanol–water partition coefficient (Wildman–Crippen LogP) is 2.65. The van der Waals surface area contributed by atoms with Crippen LogP contribution in [0.2, 0.25) is 0 Å². The van der Waals surface area contributed by atoms with Gasteiger partial charge in [-0.05, 0) is 35.7 Å². The number of halogens is 1. The van der Waals surface area contributed by atoms with Crippen molar-refractivity contribution in [1.82, 2.24) is 15.0 Å². The first-order valence-electron chi connectivity index (χ1n) is 11.3. The summed E-state index contributed by atoms with van der Waals surface area (Å²) in [7, 11) is -4.82. The van der Waals surface area contributed by atoms with Gasteiger partial charge in [-0.2, -0.15) is 27.8 Å². The molecule has 4 aromatic rings. The quantitative estimate of drug-likeness (QED) is 0.0939. The van der Waals surface area contributed by atoms with E-state index in [0.717, 1.165) is 6.07 Å². The van der Waals surface area contributed by atoms with Gasteiger partial charge in [-0.15, -0.1) is 10.2 Å². The molecule has 0 saturated carbocycles. The molecule has 204 valence electrons. The van der Waals surface area contributed by atoms with Gasteiger partial charge in [0.25, 0.3) is 10.1 Å². The molecule has 0 bridgehead atoms. The average Bonchev–Trinajstić information content (AvgIpc) is 2.88. The Morgan fingerprint density at radius 1 is 1.00 bits per heavy atom. The minimum absolute atomic E-state index is 0.00898. The van der Waals surface area contributed by atoms with Crippen LogP contribution in [0.3, 0.4) is 0 Å². The molecule has 16 heteroatoms. The molecule has 0 fully saturated rings. The van der Waals surface area contributed by atoms with Gasteiger partial charge in [0, 0.05) is 18.8 Å². The number of nitrogens with one attached hydrogen (secondary N) is 1. The number of nitrogens with two attached hydrogens (primary N) is 1. The second-order valence-electron chi connectivity index (χ2n) is 8.02. The first kappa shape index (κ1) is 27.5. The Bertz CT molecular complexity index is 1650. The number of hydrogen-bond acceptors (Lipinski definition) is 13. The van der Waals surface area contributed by atoms with Crippen molar-refractivity contribution in [1.29, 1.82) is 0 Å². The van der Waals surface area contributed by atoms with Crippen LogP contribution in [0.1, 0.15) is 0 Å². The van der Waals surface area contributed by atoms with Gasteiger partial charge in [0.05, 0.1) is 24.3 Å². The summed E-state index contributed by atoms with van der Waals surface area (Å²) in [5.74, 6) is -0.596. The maximum atomic E-state index is 14.1. The number of fused-ring (bicyclic) bond motifs is 1. The number of nitrogen functional groups attached to an aromatic ring is 1. The van der Waals surface area contributed by atoms with Crippen LogP contribution in [0.4, 0.5) is 39.0 Å². The number of hydrogen-bond donors (Lipinski definition) is 6. The minimum atomic E-state index is -4.82. The Kier molecular flexibility index (Phi) is 8.10. The average molecular weight is 559 g/mol. The summed E-state index contributed by atoms with van der Waals surface area (Å²) in [5.41, 5.74) is 6.06. The molecule has 0 aliphatic carbocycles. The van der Waals surface area contributed by atoms with Crippen molar-refractivity contribution in [2.45, 2.75) is 4.90 Å². The molecule has 0 unspecified atom stereocenters. The lowest BCUT2D eigenvalue weighted by Gasteiger charge is -2.20. The lowest BCUT2D eigenvalue weighted by molar-refractivity contribution is 0.279. The van der Waals surface area contributed by atoms with Crippen LogP contribution in [0.25, 0.3) is 10.8 Å². The zero-order valence-corrected chi connectivity index (χ0v) is 20.9. The lowest BCUT2D eigenvalue weighted by Crippen LogP contribution is -2.31. The molecule has 39 heavy (non-hydrogen) atoms. The van der Waals surface area contributed by atoms with Gasteiger partial charge in [0.1, 0.15) is 22.0 Å². The van der Waals surface area contributed by atoms with E-state index in [-0.39, 0.29) is 66.7 Å². The van der Waals surface area contributed by atoms with Crippen LogP contribution in [0.5, 0.6) is 5.75 Å². The predicted molar refractivity (Wildman–Crippen MR) is 140 cm³/mol. The molecular formula is C23H23FN8O6S. The molecule has 0 aliphatic heterocycles. The van der Waals surface area contributed by atoms with E-state index in [1.807, 2.05) is 0 Å². The fourth-order valence-electron chi connectivity index (χ4n) is 3.67. The second kappa shape index (κ2) is 11.5. The normalized spacial score (nSPS) is 11.8. The van der Waals surface area contributed by atoms with E-state index in [9.17, 15) is 32.7 Å². The van der Waals surface area contributed by atoms with Crippen LogP contribution in [-0.2, 0) is 10.1 Å². The maximum Gasteiger partial charge on any atom is 0.315 e. The first-order valence-corrected chi connectivity index (χ1v) is 12.7. The summed E-state index contributed by atoms with van der Waals surface area (Å²) in [6.07, 6.45) is -1.17. The van der Waals surface area contributed by atoms with Crippen molar-refractivity contribution < 1.29 is 32.7 Å². The minimum Gasteiger partial charge on any atom is -0.507 e. The second-order valence-corrected chi connectivity index (χ2v) is 9.41. The lowest BCUT2D eigenvalue weighted by atomic mass is 10.1. The van der Waals surface area contributed by atoms with E-state index in [1.165, 1.54) is 23.1 Å². The van der Waals surface area contributed by atoms with Crippen molar-refractivity contribution in [3.8, 4) is 5.75 Å². The molecule has 14 nitrogen and oxygen atoms in total. The Balaban J connectivity index is 1.71. The molecule has 0 aliphatic rings. The largest absolute Gasteiger partial charge is 0.507 e. The highest BCUT2D eigenvalue weighted by atomic mass is 32.2. The van der Waals surface area contributed by atoms with Crippen LogP contribution < -0.4 is 16.0 Å². The van der Waals surface area contributed by atoms with E-state index in [1.54, 1.807) is 24.3 Å². The molecule has 0 spiro atoms. The highest BCUT2D eigenvalue weighted by Gasteiger charge is 2.19. The zero-order valence-electron chi connectivity index (χ0n) is 20.1. The van der Waals surface area contributed by atoms with Crippen molar-refractivity contribution >= 4 is 55.5 Å². The fourth-order valence-corrected chi connectivity index (χ4v) is 4.32. The standard InChI is InChI=1S/C23H23FN8O6S/c24-21-27-22(29-23(28-21)32(8-10-33)9-11-34)26-14-5-7-16(18(12-14)39(36,37)38)30-31-20-15(25)6-4-13-2-1-3-17(35)19(13)20/h1-7,12,33-35H,8-11,25H2,(H,36,37,38)(H,26,27,28,29)/b31-30+. The molecule has 0 radical (unpaired) electrons. The highest BCUT2D eigenvalue weighted by Crippen LogP contribution is 2.39. The van der Waals surface area contributed by atoms with Crippen molar-refractivity contribution in [3.05, 3.63) is 54.6 Å². The molecule has 7 N–H and O–H groups in total. The number of rotatable bonds is 10. The Labute approximate surface area is 221 Å².